The van der Waals surface area contributed by atoms with Crippen LogP contribution in [0.3, 0.4) is 0 Å². The second kappa shape index (κ2) is 5.47. The van der Waals surface area contributed by atoms with Gasteiger partial charge in [0.25, 0.3) is 0 Å². The van der Waals surface area contributed by atoms with Crippen LogP contribution in [-0.4, -0.2) is 13.2 Å². The van der Waals surface area contributed by atoms with Crippen molar-refractivity contribution >= 4 is 11.6 Å². The average molecular weight is 288 g/mol. The molecule has 1 atom stereocenters. The summed E-state index contributed by atoms with van der Waals surface area (Å²) in [7, 11) is 0. The van der Waals surface area contributed by atoms with Gasteiger partial charge in [0, 0.05) is 22.5 Å². The molecule has 3 rings (SSSR count). The zero-order chi connectivity index (χ0) is 14.0. The van der Waals surface area contributed by atoms with E-state index in [0.717, 1.165) is 29.2 Å². The molecule has 2 nitrogen and oxygen atoms in total. The molecule has 0 aliphatic carbocycles. The van der Waals surface area contributed by atoms with E-state index in [1.54, 1.807) is 0 Å². The van der Waals surface area contributed by atoms with Crippen molar-refractivity contribution in [3.63, 3.8) is 0 Å². The molecule has 1 unspecified atom stereocenters. The highest BCUT2D eigenvalue weighted by Crippen LogP contribution is 2.41. The number of rotatable bonds is 3. The molecule has 0 radical (unpaired) electrons. The van der Waals surface area contributed by atoms with E-state index in [1.807, 2.05) is 36.4 Å². The van der Waals surface area contributed by atoms with Crippen molar-refractivity contribution in [1.29, 1.82) is 0 Å². The van der Waals surface area contributed by atoms with E-state index in [0.29, 0.717) is 13.2 Å². The van der Waals surface area contributed by atoms with Gasteiger partial charge in [-0.1, -0.05) is 48.0 Å². The van der Waals surface area contributed by atoms with Gasteiger partial charge < -0.3 is 10.5 Å². The lowest BCUT2D eigenvalue weighted by atomic mass is 9.72. The maximum atomic E-state index is 6.32. The number of hydrogen-bond donors (Lipinski definition) is 1. The molecule has 2 aromatic rings. The van der Waals surface area contributed by atoms with Crippen LogP contribution in [0.15, 0.2) is 48.5 Å². The first-order valence-electron chi connectivity index (χ1n) is 6.91. The predicted molar refractivity (Wildman–Crippen MR) is 82.4 cm³/mol. The lowest BCUT2D eigenvalue weighted by Crippen LogP contribution is -2.41. The SMILES string of the molecule is NCC1(Cc2ccccc2Cl)CCOc2ccccc21. The van der Waals surface area contributed by atoms with Crippen LogP contribution in [0.2, 0.25) is 5.02 Å². The fourth-order valence-corrected chi connectivity index (χ4v) is 3.20. The van der Waals surface area contributed by atoms with Crippen molar-refractivity contribution in [2.24, 2.45) is 5.73 Å². The van der Waals surface area contributed by atoms with Crippen LogP contribution in [-0.2, 0) is 11.8 Å². The lowest BCUT2D eigenvalue weighted by Gasteiger charge is -2.38. The second-order valence-electron chi connectivity index (χ2n) is 5.35. The van der Waals surface area contributed by atoms with E-state index in [4.69, 9.17) is 22.1 Å². The Bertz CT molecular complexity index is 613. The van der Waals surface area contributed by atoms with E-state index in [2.05, 4.69) is 12.1 Å². The summed E-state index contributed by atoms with van der Waals surface area (Å²) < 4.78 is 5.76. The van der Waals surface area contributed by atoms with Crippen LogP contribution in [0.1, 0.15) is 17.5 Å². The van der Waals surface area contributed by atoms with Gasteiger partial charge in [0.2, 0.25) is 0 Å². The first-order chi connectivity index (χ1) is 9.75. The molecule has 0 saturated heterocycles. The highest BCUT2D eigenvalue weighted by Gasteiger charge is 2.36. The van der Waals surface area contributed by atoms with Crippen LogP contribution in [0.25, 0.3) is 0 Å². The van der Waals surface area contributed by atoms with Gasteiger partial charge in [0.15, 0.2) is 0 Å². The monoisotopic (exact) mass is 287 g/mol. The predicted octanol–water partition coefficient (Wildman–Crippen LogP) is 3.56. The minimum atomic E-state index is -0.0835. The van der Waals surface area contributed by atoms with Crippen molar-refractivity contribution in [2.75, 3.05) is 13.2 Å². The summed E-state index contributed by atoms with van der Waals surface area (Å²) in [6, 6.07) is 16.2. The Balaban J connectivity index is 2.03. The summed E-state index contributed by atoms with van der Waals surface area (Å²) in [4.78, 5) is 0. The van der Waals surface area contributed by atoms with Crippen molar-refractivity contribution < 1.29 is 4.74 Å². The molecule has 0 bridgehead atoms. The van der Waals surface area contributed by atoms with Gasteiger partial charge in [-0.15, -0.1) is 0 Å². The van der Waals surface area contributed by atoms with Gasteiger partial charge in [-0.25, -0.2) is 0 Å². The number of benzene rings is 2. The smallest absolute Gasteiger partial charge is 0.123 e. The minimum absolute atomic E-state index is 0.0835. The highest BCUT2D eigenvalue weighted by atomic mass is 35.5. The molecule has 0 spiro atoms. The van der Waals surface area contributed by atoms with Crippen LogP contribution >= 0.6 is 11.6 Å². The largest absolute Gasteiger partial charge is 0.493 e. The Kier molecular flexibility index (Phi) is 3.68. The van der Waals surface area contributed by atoms with E-state index in [9.17, 15) is 0 Å². The normalized spacial score (nSPS) is 21.1. The third-order valence-electron chi connectivity index (χ3n) is 4.17. The minimum Gasteiger partial charge on any atom is -0.493 e. The molecule has 20 heavy (non-hydrogen) atoms. The molecule has 0 fully saturated rings. The summed E-state index contributed by atoms with van der Waals surface area (Å²) in [5, 5.41) is 0.810. The van der Waals surface area contributed by atoms with Crippen molar-refractivity contribution in [1.82, 2.24) is 0 Å². The van der Waals surface area contributed by atoms with Crippen molar-refractivity contribution in [2.45, 2.75) is 18.3 Å². The standard InChI is InChI=1S/C17H18ClNO/c18-15-7-3-1-5-13(15)11-17(12-19)9-10-20-16-8-4-2-6-14(16)17/h1-8H,9-12,19H2. The van der Waals surface area contributed by atoms with Gasteiger partial charge in [0.05, 0.1) is 6.61 Å². The topological polar surface area (TPSA) is 35.2 Å². The number of halogens is 1. The Morgan fingerprint density at radius 2 is 1.85 bits per heavy atom. The van der Waals surface area contributed by atoms with E-state index in [1.165, 1.54) is 5.56 Å². The van der Waals surface area contributed by atoms with Gasteiger partial charge in [0.1, 0.15) is 5.75 Å². The molecular weight excluding hydrogens is 270 g/mol. The third kappa shape index (κ3) is 2.30. The number of para-hydroxylation sites is 1. The van der Waals surface area contributed by atoms with Crippen molar-refractivity contribution in [3.05, 3.63) is 64.7 Å². The van der Waals surface area contributed by atoms with Gasteiger partial charge in [-0.3, -0.25) is 0 Å². The van der Waals surface area contributed by atoms with E-state index < -0.39 is 0 Å². The first kappa shape index (κ1) is 13.5. The Labute approximate surface area is 124 Å². The second-order valence-corrected chi connectivity index (χ2v) is 5.75. The molecule has 0 saturated carbocycles. The Hall–Kier alpha value is -1.51. The van der Waals surface area contributed by atoms with Crippen LogP contribution in [0.4, 0.5) is 0 Å². The quantitative estimate of drug-likeness (QED) is 0.937. The van der Waals surface area contributed by atoms with E-state index in [-0.39, 0.29) is 5.41 Å². The fraction of sp³-hybridized carbons (Fsp3) is 0.294. The van der Waals surface area contributed by atoms with Crippen LogP contribution in [0.5, 0.6) is 5.75 Å². The van der Waals surface area contributed by atoms with Gasteiger partial charge in [-0.05, 0) is 30.5 Å². The molecule has 1 aliphatic rings. The van der Waals surface area contributed by atoms with Gasteiger partial charge in [-0.2, -0.15) is 0 Å². The maximum Gasteiger partial charge on any atom is 0.123 e. The van der Waals surface area contributed by atoms with Gasteiger partial charge >= 0.3 is 0 Å². The zero-order valence-electron chi connectivity index (χ0n) is 11.3. The summed E-state index contributed by atoms with van der Waals surface area (Å²) in [6.45, 7) is 1.30. The molecule has 104 valence electrons. The van der Waals surface area contributed by atoms with E-state index >= 15 is 0 Å². The lowest BCUT2D eigenvalue weighted by molar-refractivity contribution is 0.215. The highest BCUT2D eigenvalue weighted by molar-refractivity contribution is 6.31. The number of ether oxygens (including phenoxy) is 1. The molecule has 3 heteroatoms. The fourth-order valence-electron chi connectivity index (χ4n) is 3.00. The maximum absolute atomic E-state index is 6.32. The molecule has 1 heterocycles. The summed E-state index contributed by atoms with van der Waals surface area (Å²) in [6.07, 6.45) is 1.77. The summed E-state index contributed by atoms with van der Waals surface area (Å²) >= 11 is 6.32. The van der Waals surface area contributed by atoms with Crippen LogP contribution < -0.4 is 10.5 Å². The first-order valence-corrected chi connectivity index (χ1v) is 7.29. The third-order valence-corrected chi connectivity index (χ3v) is 4.54. The Morgan fingerprint density at radius 3 is 2.65 bits per heavy atom. The van der Waals surface area contributed by atoms with Crippen molar-refractivity contribution in [3.8, 4) is 5.75 Å². The molecular formula is C17H18ClNO. The average Bonchev–Trinajstić information content (AvgIpc) is 2.50. The Morgan fingerprint density at radius 1 is 1.10 bits per heavy atom. The number of fused-ring (bicyclic) bond motifs is 1. The summed E-state index contributed by atoms with van der Waals surface area (Å²) in [5.41, 5.74) is 8.42. The molecule has 0 aromatic heterocycles. The molecule has 1 aliphatic heterocycles. The number of nitrogens with two attached hydrogens (primary N) is 1. The molecule has 2 N–H and O–H groups in total. The number of hydrogen-bond acceptors (Lipinski definition) is 2. The zero-order valence-corrected chi connectivity index (χ0v) is 12.1. The molecule has 2 aromatic carbocycles. The molecule has 0 amide bonds. The van der Waals surface area contributed by atoms with Crippen LogP contribution in [0, 0.1) is 0 Å². The summed E-state index contributed by atoms with van der Waals surface area (Å²) in [5.74, 6) is 0.955.